The van der Waals surface area contributed by atoms with Crippen molar-refractivity contribution in [3.8, 4) is 0 Å². The molecule has 10 heavy (non-hydrogen) atoms. The van der Waals surface area contributed by atoms with E-state index in [1.807, 2.05) is 0 Å². The van der Waals surface area contributed by atoms with Gasteiger partial charge in [-0.05, 0) is 12.8 Å². The van der Waals surface area contributed by atoms with Crippen LogP contribution >= 0.6 is 0 Å². The number of fused-ring (bicyclic) bond motifs is 1. The topological polar surface area (TPSA) is 24.1 Å². The van der Waals surface area contributed by atoms with Crippen LogP contribution in [0.3, 0.4) is 0 Å². The van der Waals surface area contributed by atoms with Gasteiger partial charge in [-0.1, -0.05) is 12.8 Å². The van der Waals surface area contributed by atoms with E-state index in [2.05, 4.69) is 10.6 Å². The second-order valence-corrected chi connectivity index (χ2v) is 3.41. The SMILES string of the molecule is C1CC[C@@H]2NCCNC2C1. The van der Waals surface area contributed by atoms with Gasteiger partial charge in [-0.2, -0.15) is 0 Å². The Morgan fingerprint density at radius 1 is 0.800 bits per heavy atom. The average Bonchev–Trinajstić information content (AvgIpc) is 2.05. The maximum absolute atomic E-state index is 3.56. The molecule has 2 atom stereocenters. The second-order valence-electron chi connectivity index (χ2n) is 3.41. The molecular weight excluding hydrogens is 124 g/mol. The fourth-order valence-corrected chi connectivity index (χ4v) is 2.13. The number of rotatable bonds is 0. The van der Waals surface area contributed by atoms with Gasteiger partial charge in [0.1, 0.15) is 0 Å². The minimum atomic E-state index is 0.794. The van der Waals surface area contributed by atoms with E-state index in [4.69, 9.17) is 0 Å². The third kappa shape index (κ3) is 1.18. The summed E-state index contributed by atoms with van der Waals surface area (Å²) in [5.74, 6) is 0. The molecule has 2 aliphatic rings. The Bertz CT molecular complexity index is 87.8. The van der Waals surface area contributed by atoms with Crippen LogP contribution in [0.1, 0.15) is 25.7 Å². The summed E-state index contributed by atoms with van der Waals surface area (Å²) >= 11 is 0. The molecule has 2 nitrogen and oxygen atoms in total. The average molecular weight is 140 g/mol. The van der Waals surface area contributed by atoms with Gasteiger partial charge in [-0.25, -0.2) is 0 Å². The van der Waals surface area contributed by atoms with Crippen LogP contribution in [0.15, 0.2) is 0 Å². The fourth-order valence-electron chi connectivity index (χ4n) is 2.13. The first kappa shape index (κ1) is 6.62. The van der Waals surface area contributed by atoms with E-state index in [0.29, 0.717) is 0 Å². The number of nitrogens with one attached hydrogen (secondary N) is 2. The minimum Gasteiger partial charge on any atom is -0.311 e. The van der Waals surface area contributed by atoms with Gasteiger partial charge < -0.3 is 10.6 Å². The molecule has 0 aromatic rings. The molecule has 2 heteroatoms. The van der Waals surface area contributed by atoms with E-state index < -0.39 is 0 Å². The van der Waals surface area contributed by atoms with Crippen molar-refractivity contribution in [2.24, 2.45) is 0 Å². The molecule has 1 saturated heterocycles. The Kier molecular flexibility index (Phi) is 1.91. The Labute approximate surface area is 62.4 Å². The molecule has 0 spiro atoms. The fraction of sp³-hybridized carbons (Fsp3) is 1.00. The number of piperazine rings is 1. The summed E-state index contributed by atoms with van der Waals surface area (Å²) in [5, 5.41) is 7.12. The van der Waals surface area contributed by atoms with Gasteiger partial charge in [-0.3, -0.25) is 0 Å². The Morgan fingerprint density at radius 3 is 1.80 bits per heavy atom. The third-order valence-corrected chi connectivity index (χ3v) is 2.70. The predicted molar refractivity (Wildman–Crippen MR) is 42.0 cm³/mol. The lowest BCUT2D eigenvalue weighted by atomic mass is 9.89. The van der Waals surface area contributed by atoms with Gasteiger partial charge in [0.2, 0.25) is 0 Å². The van der Waals surface area contributed by atoms with Gasteiger partial charge in [0, 0.05) is 25.2 Å². The van der Waals surface area contributed by atoms with Gasteiger partial charge in [0.15, 0.2) is 0 Å². The highest BCUT2D eigenvalue weighted by atomic mass is 15.1. The smallest absolute Gasteiger partial charge is 0.0221 e. The number of hydrogen-bond acceptors (Lipinski definition) is 2. The van der Waals surface area contributed by atoms with Gasteiger partial charge in [0.25, 0.3) is 0 Å². The van der Waals surface area contributed by atoms with Crippen molar-refractivity contribution in [3.63, 3.8) is 0 Å². The van der Waals surface area contributed by atoms with Crippen LogP contribution in [-0.2, 0) is 0 Å². The van der Waals surface area contributed by atoms with E-state index in [-0.39, 0.29) is 0 Å². The number of hydrogen-bond donors (Lipinski definition) is 2. The molecule has 0 amide bonds. The highest BCUT2D eigenvalue weighted by molar-refractivity contribution is 4.89. The van der Waals surface area contributed by atoms with Gasteiger partial charge >= 0.3 is 0 Å². The van der Waals surface area contributed by atoms with E-state index >= 15 is 0 Å². The Morgan fingerprint density at radius 2 is 1.30 bits per heavy atom. The summed E-state index contributed by atoms with van der Waals surface area (Å²) in [4.78, 5) is 0. The largest absolute Gasteiger partial charge is 0.311 e. The zero-order chi connectivity index (χ0) is 6.81. The van der Waals surface area contributed by atoms with Crippen LogP contribution in [0.5, 0.6) is 0 Å². The summed E-state index contributed by atoms with van der Waals surface area (Å²) < 4.78 is 0. The first-order valence-corrected chi connectivity index (χ1v) is 4.43. The molecule has 1 unspecified atom stereocenters. The van der Waals surface area contributed by atoms with Crippen LogP contribution in [0.4, 0.5) is 0 Å². The summed E-state index contributed by atoms with van der Waals surface area (Å²) in [6.45, 7) is 2.34. The summed E-state index contributed by atoms with van der Waals surface area (Å²) in [6, 6.07) is 1.59. The lowest BCUT2D eigenvalue weighted by molar-refractivity contribution is 0.251. The standard InChI is InChI=1S/C8H16N2/c1-2-4-8-7(3-1)9-5-6-10-8/h7-10H,1-6H2/t7-,8?/m0/s1. The van der Waals surface area contributed by atoms with E-state index in [1.165, 1.54) is 38.8 Å². The summed E-state index contributed by atoms with van der Waals surface area (Å²) in [7, 11) is 0. The molecule has 0 radical (unpaired) electrons. The highest BCUT2D eigenvalue weighted by Gasteiger charge is 2.26. The molecule has 2 N–H and O–H groups in total. The van der Waals surface area contributed by atoms with Crippen LogP contribution in [0.25, 0.3) is 0 Å². The van der Waals surface area contributed by atoms with Crippen molar-refractivity contribution in [1.82, 2.24) is 10.6 Å². The minimum absolute atomic E-state index is 0.794. The molecule has 0 bridgehead atoms. The maximum Gasteiger partial charge on any atom is 0.0221 e. The van der Waals surface area contributed by atoms with Crippen LogP contribution in [0.2, 0.25) is 0 Å². The van der Waals surface area contributed by atoms with Gasteiger partial charge in [0.05, 0.1) is 0 Å². The Balaban J connectivity index is 1.93. The highest BCUT2D eigenvalue weighted by Crippen LogP contribution is 2.19. The molecule has 0 aromatic heterocycles. The predicted octanol–water partition coefficient (Wildman–Crippen LogP) is 0.490. The second kappa shape index (κ2) is 2.89. The van der Waals surface area contributed by atoms with E-state index in [9.17, 15) is 0 Å². The molecule has 1 aliphatic carbocycles. The quantitative estimate of drug-likeness (QED) is 0.511. The molecule has 2 rings (SSSR count). The normalized spacial score (nSPS) is 40.8. The van der Waals surface area contributed by atoms with Crippen molar-refractivity contribution in [3.05, 3.63) is 0 Å². The van der Waals surface area contributed by atoms with Crippen molar-refractivity contribution in [1.29, 1.82) is 0 Å². The van der Waals surface area contributed by atoms with Crippen molar-refractivity contribution in [2.75, 3.05) is 13.1 Å². The lowest BCUT2D eigenvalue weighted by Crippen LogP contribution is -2.56. The van der Waals surface area contributed by atoms with Gasteiger partial charge in [-0.15, -0.1) is 0 Å². The first-order chi connectivity index (χ1) is 4.97. The zero-order valence-electron chi connectivity index (χ0n) is 6.40. The monoisotopic (exact) mass is 140 g/mol. The van der Waals surface area contributed by atoms with E-state index in [0.717, 1.165) is 12.1 Å². The van der Waals surface area contributed by atoms with E-state index in [1.54, 1.807) is 0 Å². The summed E-state index contributed by atoms with van der Waals surface area (Å²) in [5.41, 5.74) is 0. The Hall–Kier alpha value is -0.0800. The molecule has 1 heterocycles. The molecule has 1 saturated carbocycles. The first-order valence-electron chi connectivity index (χ1n) is 4.43. The summed E-state index contributed by atoms with van der Waals surface area (Å²) in [6.07, 6.45) is 5.63. The van der Waals surface area contributed by atoms with Crippen molar-refractivity contribution >= 4 is 0 Å². The van der Waals surface area contributed by atoms with Crippen LogP contribution < -0.4 is 10.6 Å². The lowest BCUT2D eigenvalue weighted by Gasteiger charge is -2.37. The molecule has 2 fully saturated rings. The molecule has 0 aromatic carbocycles. The van der Waals surface area contributed by atoms with Crippen LogP contribution in [-0.4, -0.2) is 25.2 Å². The van der Waals surface area contributed by atoms with Crippen LogP contribution in [0, 0.1) is 0 Å². The molecular formula is C8H16N2. The maximum atomic E-state index is 3.56. The van der Waals surface area contributed by atoms with Crippen molar-refractivity contribution in [2.45, 2.75) is 37.8 Å². The third-order valence-electron chi connectivity index (χ3n) is 2.70. The zero-order valence-corrected chi connectivity index (χ0v) is 6.40. The molecule has 1 aliphatic heterocycles. The van der Waals surface area contributed by atoms with Crippen molar-refractivity contribution < 1.29 is 0 Å². The molecule has 58 valence electrons.